The van der Waals surface area contributed by atoms with Crippen LogP contribution in [0.1, 0.15) is 12.0 Å². The number of rotatable bonds is 7. The van der Waals surface area contributed by atoms with Crippen LogP contribution in [0.3, 0.4) is 0 Å². The lowest BCUT2D eigenvalue weighted by Crippen LogP contribution is -2.24. The summed E-state index contributed by atoms with van der Waals surface area (Å²) in [4.78, 5) is 18.5. The molecule has 1 aliphatic heterocycles. The van der Waals surface area contributed by atoms with Crippen molar-refractivity contribution in [2.24, 2.45) is 13.0 Å². The number of ether oxygens (including phenoxy) is 3. The molecule has 1 saturated heterocycles. The number of benzene rings is 1. The molecule has 4 heterocycles. The topological polar surface area (TPSA) is 74.5 Å². The highest BCUT2D eigenvalue weighted by atomic mass is 32.1. The normalized spacial score (nSPS) is 19.8. The zero-order valence-electron chi connectivity index (χ0n) is 22.6. The third kappa shape index (κ3) is 3.85. The third-order valence-corrected chi connectivity index (χ3v) is 9.01. The molecule has 0 spiro atoms. The van der Waals surface area contributed by atoms with Gasteiger partial charge in [0.25, 0.3) is 0 Å². The predicted molar refractivity (Wildman–Crippen MR) is 154 cm³/mol. The molecular weight excluding hydrogens is 529 g/mol. The van der Waals surface area contributed by atoms with Gasteiger partial charge in [-0.15, -0.1) is 11.3 Å². The van der Waals surface area contributed by atoms with Gasteiger partial charge in [-0.2, -0.15) is 0 Å². The standard InChI is InChI=1S/C30H28FN5O3S/c1-35-13-11-32-29(35)27-33-28(36-12-10-17(15-36)38-3)24-23(22-18-9-8-16(37-2)14-20(18)22)26(40-30(24)34-27)19-6-5-7-21(39-4)25(19)31/h5-9,11,13-14,17-18H,10,12,15H2,1-4H3. The van der Waals surface area contributed by atoms with Crippen LogP contribution in [0.5, 0.6) is 5.75 Å². The summed E-state index contributed by atoms with van der Waals surface area (Å²) in [5.41, 5.74) is 3.75. The fourth-order valence-corrected chi connectivity index (χ4v) is 6.94. The fraction of sp³-hybridized carbons (Fsp3) is 0.300. The van der Waals surface area contributed by atoms with Crippen molar-refractivity contribution in [1.82, 2.24) is 19.5 Å². The molecule has 7 rings (SSSR count). The highest BCUT2D eigenvalue weighted by molar-refractivity contribution is 7.22. The van der Waals surface area contributed by atoms with Crippen LogP contribution in [-0.4, -0.2) is 60.0 Å². The highest BCUT2D eigenvalue weighted by Gasteiger charge is 2.41. The van der Waals surface area contributed by atoms with Gasteiger partial charge in [-0.3, -0.25) is 0 Å². The molecule has 3 aromatic heterocycles. The Bertz CT molecular complexity index is 1750. The fourth-order valence-electron chi connectivity index (χ4n) is 5.74. The van der Waals surface area contributed by atoms with Gasteiger partial charge in [0.15, 0.2) is 23.2 Å². The van der Waals surface area contributed by atoms with Crippen molar-refractivity contribution in [3.8, 4) is 27.8 Å². The maximum atomic E-state index is 15.8. The predicted octanol–water partition coefficient (Wildman–Crippen LogP) is 5.62. The van der Waals surface area contributed by atoms with Gasteiger partial charge in [-0.25, -0.2) is 19.3 Å². The Kier molecular flexibility index (Phi) is 5.97. The number of hydrogen-bond donors (Lipinski definition) is 0. The number of allylic oxidation sites excluding steroid dienone is 5. The highest BCUT2D eigenvalue weighted by Crippen LogP contribution is 2.58. The van der Waals surface area contributed by atoms with Crippen LogP contribution in [0.4, 0.5) is 10.2 Å². The van der Waals surface area contributed by atoms with Crippen molar-refractivity contribution >= 4 is 32.9 Å². The summed E-state index contributed by atoms with van der Waals surface area (Å²) >= 11 is 1.48. The second kappa shape index (κ2) is 9.57. The third-order valence-electron chi connectivity index (χ3n) is 7.89. The van der Waals surface area contributed by atoms with Crippen molar-refractivity contribution < 1.29 is 18.6 Å². The summed E-state index contributed by atoms with van der Waals surface area (Å²) < 4.78 is 34.3. The number of hydrogen-bond acceptors (Lipinski definition) is 8. The van der Waals surface area contributed by atoms with Gasteiger partial charge in [0, 0.05) is 61.6 Å². The molecule has 10 heteroatoms. The first-order chi connectivity index (χ1) is 19.5. The molecule has 0 N–H and O–H groups in total. The van der Waals surface area contributed by atoms with E-state index in [-0.39, 0.29) is 17.8 Å². The summed E-state index contributed by atoms with van der Waals surface area (Å²) in [6, 6.07) is 5.27. The van der Waals surface area contributed by atoms with E-state index in [4.69, 9.17) is 24.2 Å². The van der Waals surface area contributed by atoms with Crippen molar-refractivity contribution in [3.63, 3.8) is 0 Å². The summed E-state index contributed by atoms with van der Waals surface area (Å²) in [7, 11) is 6.83. The Morgan fingerprint density at radius 2 is 2.00 bits per heavy atom. The molecule has 3 aliphatic rings. The maximum absolute atomic E-state index is 15.8. The van der Waals surface area contributed by atoms with Crippen LogP contribution < -0.4 is 9.64 Å². The number of nitrogens with zero attached hydrogens (tertiary/aromatic N) is 5. The molecule has 204 valence electrons. The first kappa shape index (κ1) is 25.0. The van der Waals surface area contributed by atoms with Gasteiger partial charge in [-0.1, -0.05) is 18.2 Å². The van der Waals surface area contributed by atoms with Crippen molar-refractivity contribution in [3.05, 3.63) is 71.5 Å². The number of imidazole rings is 1. The number of anilines is 1. The number of aryl methyl sites for hydroxylation is 1. The van der Waals surface area contributed by atoms with E-state index in [1.165, 1.54) is 24.0 Å². The van der Waals surface area contributed by atoms with Crippen molar-refractivity contribution in [2.75, 3.05) is 39.3 Å². The van der Waals surface area contributed by atoms with E-state index in [1.54, 1.807) is 32.5 Å². The number of halogens is 1. The molecule has 0 radical (unpaired) electrons. The molecule has 2 unspecified atom stereocenters. The van der Waals surface area contributed by atoms with Gasteiger partial charge in [-0.05, 0) is 35.8 Å². The molecule has 1 fully saturated rings. The molecule has 1 aromatic carbocycles. The second-order valence-electron chi connectivity index (χ2n) is 10.1. The molecule has 0 amide bonds. The van der Waals surface area contributed by atoms with Gasteiger partial charge in [0.2, 0.25) is 0 Å². The summed E-state index contributed by atoms with van der Waals surface area (Å²) in [6.45, 7) is 1.51. The van der Waals surface area contributed by atoms with E-state index in [9.17, 15) is 0 Å². The molecule has 8 nitrogen and oxygen atoms in total. The van der Waals surface area contributed by atoms with E-state index in [0.717, 1.165) is 50.8 Å². The van der Waals surface area contributed by atoms with E-state index in [2.05, 4.69) is 22.0 Å². The van der Waals surface area contributed by atoms with Crippen molar-refractivity contribution in [1.29, 1.82) is 0 Å². The largest absolute Gasteiger partial charge is 0.497 e. The van der Waals surface area contributed by atoms with Gasteiger partial charge >= 0.3 is 0 Å². The molecule has 0 saturated carbocycles. The quantitative estimate of drug-likeness (QED) is 0.292. The van der Waals surface area contributed by atoms with Gasteiger partial charge in [0.05, 0.1) is 25.7 Å². The zero-order valence-corrected chi connectivity index (χ0v) is 23.5. The molecule has 2 aliphatic carbocycles. The van der Waals surface area contributed by atoms with Crippen LogP contribution in [0.2, 0.25) is 0 Å². The lowest BCUT2D eigenvalue weighted by atomic mass is 10.0. The Morgan fingerprint density at radius 3 is 2.73 bits per heavy atom. The molecule has 40 heavy (non-hydrogen) atoms. The Balaban J connectivity index is 1.53. The lowest BCUT2D eigenvalue weighted by molar-refractivity contribution is 0.121. The smallest absolute Gasteiger partial charge is 0.199 e. The van der Waals surface area contributed by atoms with Crippen molar-refractivity contribution in [2.45, 2.75) is 12.5 Å². The molecular formula is C30H28FN5O3S. The SMILES string of the molecule is COC1=CC2=C(c3c(-c4cccc(OC)c4F)sc4nc(-c5nccn5C)nc(N5CCC(OC)C5)c34)C2C=C1. The average Bonchev–Trinajstić information content (AvgIpc) is 3.34. The molecule has 2 atom stereocenters. The summed E-state index contributed by atoms with van der Waals surface area (Å²) in [5, 5.41) is 0.926. The second-order valence-corrected chi connectivity index (χ2v) is 11.1. The van der Waals surface area contributed by atoms with Gasteiger partial charge < -0.3 is 23.7 Å². The van der Waals surface area contributed by atoms with E-state index < -0.39 is 5.82 Å². The van der Waals surface area contributed by atoms with Gasteiger partial charge in [0.1, 0.15) is 16.4 Å². The maximum Gasteiger partial charge on any atom is 0.199 e. The minimum atomic E-state index is -0.393. The lowest BCUT2D eigenvalue weighted by Gasteiger charge is -2.20. The Labute approximate surface area is 235 Å². The minimum absolute atomic E-state index is 0.111. The van der Waals surface area contributed by atoms with E-state index >= 15 is 4.39 Å². The number of fused-ring (bicyclic) bond motifs is 2. The van der Waals surface area contributed by atoms with E-state index in [0.29, 0.717) is 23.8 Å². The molecule has 4 aromatic rings. The Morgan fingerprint density at radius 1 is 1.12 bits per heavy atom. The minimum Gasteiger partial charge on any atom is -0.497 e. The zero-order chi connectivity index (χ0) is 27.5. The average molecular weight is 558 g/mol. The number of methoxy groups -OCH3 is 3. The number of aromatic nitrogens is 4. The van der Waals surface area contributed by atoms with E-state index in [1.807, 2.05) is 30.0 Å². The number of thiophene rings is 1. The first-order valence-corrected chi connectivity index (χ1v) is 13.9. The van der Waals surface area contributed by atoms with Crippen LogP contribution in [0, 0.1) is 11.7 Å². The summed E-state index contributed by atoms with van der Waals surface area (Å²) in [5.74, 6) is 2.77. The van der Waals surface area contributed by atoms with Crippen LogP contribution in [0.15, 0.2) is 60.2 Å². The first-order valence-electron chi connectivity index (χ1n) is 13.1. The van der Waals surface area contributed by atoms with Crippen LogP contribution in [0.25, 0.3) is 37.9 Å². The van der Waals surface area contributed by atoms with Crippen LogP contribution >= 0.6 is 11.3 Å². The monoisotopic (exact) mass is 557 g/mol. The Hall–Kier alpha value is -4.02. The summed E-state index contributed by atoms with van der Waals surface area (Å²) in [6.07, 6.45) is 10.8. The molecule has 0 bridgehead atoms. The van der Waals surface area contributed by atoms with Crippen LogP contribution in [-0.2, 0) is 16.5 Å².